The van der Waals surface area contributed by atoms with Crippen LogP contribution in [0.3, 0.4) is 0 Å². The summed E-state index contributed by atoms with van der Waals surface area (Å²) < 4.78 is 15.9. The molecule has 0 unspecified atom stereocenters. The van der Waals surface area contributed by atoms with Crippen LogP contribution in [0.1, 0.15) is 24.2 Å². The van der Waals surface area contributed by atoms with Crippen LogP contribution in [-0.4, -0.2) is 31.7 Å². The predicted molar refractivity (Wildman–Crippen MR) is 94.1 cm³/mol. The van der Waals surface area contributed by atoms with Crippen molar-refractivity contribution in [3.63, 3.8) is 0 Å². The number of anilines is 1. The average Bonchev–Trinajstić information content (AvgIpc) is 2.62. The van der Waals surface area contributed by atoms with Crippen LogP contribution in [0.25, 0.3) is 0 Å². The maximum absolute atomic E-state index is 12.4. The number of hydrogen-bond donors (Lipinski definition) is 1. The lowest BCUT2D eigenvalue weighted by Crippen LogP contribution is -2.31. The fraction of sp³-hybridized carbons (Fsp3) is 0.263. The second-order valence-electron chi connectivity index (χ2n) is 5.17. The number of carbonyl (C=O) groups is 2. The number of nitrogens with one attached hydrogen (secondary N) is 1. The second-order valence-corrected chi connectivity index (χ2v) is 5.17. The summed E-state index contributed by atoms with van der Waals surface area (Å²) in [4.78, 5) is 24.4. The van der Waals surface area contributed by atoms with Crippen molar-refractivity contribution in [1.82, 2.24) is 0 Å². The third-order valence-corrected chi connectivity index (χ3v) is 3.42. The number of carbonyl (C=O) groups excluding carboxylic acids is 2. The Morgan fingerprint density at radius 2 is 1.68 bits per heavy atom. The van der Waals surface area contributed by atoms with Crippen molar-refractivity contribution < 1.29 is 23.8 Å². The number of methoxy groups -OCH3 is 1. The number of esters is 1. The van der Waals surface area contributed by atoms with Crippen molar-refractivity contribution in [3.8, 4) is 11.5 Å². The lowest BCUT2D eigenvalue weighted by atomic mass is 10.1. The first-order valence-corrected chi connectivity index (χ1v) is 7.93. The monoisotopic (exact) mass is 343 g/mol. The highest BCUT2D eigenvalue weighted by Crippen LogP contribution is 2.27. The van der Waals surface area contributed by atoms with Gasteiger partial charge in [0, 0.05) is 0 Å². The normalized spacial score (nSPS) is 11.3. The number of ether oxygens (including phenoxy) is 3. The summed E-state index contributed by atoms with van der Waals surface area (Å²) in [6.45, 7) is 3.60. The number of rotatable bonds is 7. The van der Waals surface area contributed by atoms with E-state index in [0.717, 1.165) is 0 Å². The Bertz CT molecular complexity index is 744. The van der Waals surface area contributed by atoms with E-state index in [0.29, 0.717) is 22.7 Å². The lowest BCUT2D eigenvalue weighted by Gasteiger charge is -2.17. The van der Waals surface area contributed by atoms with Gasteiger partial charge in [-0.3, -0.25) is 4.79 Å². The molecule has 1 N–H and O–H groups in total. The van der Waals surface area contributed by atoms with Gasteiger partial charge in [0.1, 0.15) is 0 Å². The van der Waals surface area contributed by atoms with Gasteiger partial charge < -0.3 is 19.5 Å². The molecule has 0 bridgehead atoms. The highest BCUT2D eigenvalue weighted by atomic mass is 16.5. The Balaban J connectivity index is 2.10. The van der Waals surface area contributed by atoms with Crippen molar-refractivity contribution in [1.29, 1.82) is 0 Å². The molecule has 0 aliphatic carbocycles. The number of benzene rings is 2. The average molecular weight is 343 g/mol. The molecule has 0 spiro atoms. The molecule has 2 aromatic rings. The first kappa shape index (κ1) is 18.3. The third-order valence-electron chi connectivity index (χ3n) is 3.42. The van der Waals surface area contributed by atoms with Gasteiger partial charge in [-0.1, -0.05) is 24.3 Å². The molecule has 0 saturated carbocycles. The molecule has 2 rings (SSSR count). The number of hydrogen-bond acceptors (Lipinski definition) is 5. The molecule has 1 atom stereocenters. The van der Waals surface area contributed by atoms with Crippen LogP contribution < -0.4 is 14.8 Å². The molecular formula is C19H21NO5. The number of amides is 1. The van der Waals surface area contributed by atoms with Gasteiger partial charge in [-0.15, -0.1) is 0 Å². The van der Waals surface area contributed by atoms with E-state index in [2.05, 4.69) is 5.32 Å². The molecule has 0 aromatic heterocycles. The van der Waals surface area contributed by atoms with Gasteiger partial charge in [-0.25, -0.2) is 4.79 Å². The highest BCUT2D eigenvalue weighted by molar-refractivity contribution is 6.02. The lowest BCUT2D eigenvalue weighted by molar-refractivity contribution is -0.122. The van der Waals surface area contributed by atoms with Gasteiger partial charge in [0.15, 0.2) is 17.6 Å². The minimum atomic E-state index is -0.786. The molecule has 6 heteroatoms. The fourth-order valence-electron chi connectivity index (χ4n) is 2.17. The fourth-order valence-corrected chi connectivity index (χ4v) is 2.17. The molecule has 0 fully saturated rings. The molecule has 1 amide bonds. The molecule has 6 nitrogen and oxygen atoms in total. The Morgan fingerprint density at radius 3 is 2.36 bits per heavy atom. The largest absolute Gasteiger partial charge is 0.493 e. The summed E-state index contributed by atoms with van der Waals surface area (Å²) in [5, 5.41) is 2.70. The van der Waals surface area contributed by atoms with Crippen molar-refractivity contribution >= 4 is 17.6 Å². The van der Waals surface area contributed by atoms with Crippen molar-refractivity contribution in [2.24, 2.45) is 0 Å². The van der Waals surface area contributed by atoms with Gasteiger partial charge in [0.2, 0.25) is 0 Å². The van der Waals surface area contributed by atoms with Crippen molar-refractivity contribution in [2.75, 3.05) is 19.0 Å². The molecule has 0 saturated heterocycles. The summed E-state index contributed by atoms with van der Waals surface area (Å²) in [5.41, 5.74) is 0.670. The molecule has 132 valence electrons. The summed E-state index contributed by atoms with van der Waals surface area (Å²) in [6, 6.07) is 13.7. The summed E-state index contributed by atoms with van der Waals surface area (Å²) >= 11 is 0. The summed E-state index contributed by atoms with van der Waals surface area (Å²) in [5.74, 6) is 0.125. The Hall–Kier alpha value is -3.02. The predicted octanol–water partition coefficient (Wildman–Crippen LogP) is 3.28. The van der Waals surface area contributed by atoms with E-state index in [9.17, 15) is 9.59 Å². The molecule has 0 aliphatic heterocycles. The zero-order valence-corrected chi connectivity index (χ0v) is 14.4. The van der Waals surface area contributed by atoms with Gasteiger partial charge in [0.05, 0.1) is 25.0 Å². The van der Waals surface area contributed by atoms with Crippen LogP contribution >= 0.6 is 0 Å². The van der Waals surface area contributed by atoms with Crippen LogP contribution in [0.5, 0.6) is 11.5 Å². The Labute approximate surface area is 146 Å². The first-order valence-electron chi connectivity index (χ1n) is 7.93. The van der Waals surface area contributed by atoms with E-state index in [1.807, 2.05) is 6.07 Å². The van der Waals surface area contributed by atoms with Crippen LogP contribution in [0.2, 0.25) is 0 Å². The quantitative estimate of drug-likeness (QED) is 0.781. The van der Waals surface area contributed by atoms with E-state index in [1.165, 1.54) is 7.11 Å². The van der Waals surface area contributed by atoms with Crippen LogP contribution in [0.4, 0.5) is 5.69 Å². The van der Waals surface area contributed by atoms with Gasteiger partial charge in [-0.2, -0.15) is 0 Å². The standard InChI is InChI=1S/C19H21NO5/c1-4-24-19(22)14-9-5-6-10-15(14)20-18(21)13(2)25-17-12-8-7-11-16(17)23-3/h5-13H,4H2,1-3H3,(H,20,21)/t13-/m1/s1. The van der Waals surface area contributed by atoms with E-state index < -0.39 is 12.1 Å². The maximum atomic E-state index is 12.4. The minimum absolute atomic E-state index is 0.258. The van der Waals surface area contributed by atoms with Gasteiger partial charge in [-0.05, 0) is 38.1 Å². The molecule has 0 radical (unpaired) electrons. The summed E-state index contributed by atoms with van der Waals surface area (Å²) in [6.07, 6.45) is -0.786. The number of para-hydroxylation sites is 3. The zero-order valence-electron chi connectivity index (χ0n) is 14.4. The second kappa shape index (κ2) is 8.73. The van der Waals surface area contributed by atoms with Crippen molar-refractivity contribution in [3.05, 3.63) is 54.1 Å². The summed E-state index contributed by atoms with van der Waals surface area (Å²) in [7, 11) is 1.53. The van der Waals surface area contributed by atoms with Crippen molar-refractivity contribution in [2.45, 2.75) is 20.0 Å². The Morgan fingerprint density at radius 1 is 1.04 bits per heavy atom. The maximum Gasteiger partial charge on any atom is 0.340 e. The van der Waals surface area contributed by atoms with Crippen LogP contribution in [-0.2, 0) is 9.53 Å². The van der Waals surface area contributed by atoms with Gasteiger partial charge >= 0.3 is 5.97 Å². The van der Waals surface area contributed by atoms with Crippen LogP contribution in [0, 0.1) is 0 Å². The van der Waals surface area contributed by atoms with E-state index in [4.69, 9.17) is 14.2 Å². The van der Waals surface area contributed by atoms with E-state index in [-0.39, 0.29) is 12.5 Å². The first-order chi connectivity index (χ1) is 12.1. The molecule has 0 aliphatic rings. The molecule has 25 heavy (non-hydrogen) atoms. The van der Waals surface area contributed by atoms with E-state index >= 15 is 0 Å². The SMILES string of the molecule is CCOC(=O)c1ccccc1NC(=O)[C@@H](C)Oc1ccccc1OC. The highest BCUT2D eigenvalue weighted by Gasteiger charge is 2.20. The van der Waals surface area contributed by atoms with Gasteiger partial charge in [0.25, 0.3) is 5.91 Å². The molecule has 0 heterocycles. The third kappa shape index (κ3) is 4.73. The van der Waals surface area contributed by atoms with E-state index in [1.54, 1.807) is 56.3 Å². The molecule has 2 aromatic carbocycles. The van der Waals surface area contributed by atoms with Crippen LogP contribution in [0.15, 0.2) is 48.5 Å². The molecular weight excluding hydrogens is 322 g/mol. The minimum Gasteiger partial charge on any atom is -0.493 e. The zero-order chi connectivity index (χ0) is 18.2. The Kier molecular flexibility index (Phi) is 6.39. The topological polar surface area (TPSA) is 73.9 Å². The smallest absolute Gasteiger partial charge is 0.340 e.